The number of nitrogens with one attached hydrogen (secondary N) is 3. The molecule has 23 heavy (non-hydrogen) atoms. The van der Waals surface area contributed by atoms with E-state index in [0.717, 1.165) is 0 Å². The molecule has 8 nitrogen and oxygen atoms in total. The molecule has 0 fully saturated rings. The van der Waals surface area contributed by atoms with E-state index in [9.17, 15) is 13.2 Å². The first-order chi connectivity index (χ1) is 10.6. The van der Waals surface area contributed by atoms with Gasteiger partial charge in [-0.25, -0.2) is 13.2 Å². The number of rotatable bonds is 8. The van der Waals surface area contributed by atoms with Crippen molar-refractivity contribution in [2.75, 3.05) is 38.2 Å². The number of hydrogen-bond acceptors (Lipinski definition) is 5. The molecule has 9 heteroatoms. The zero-order valence-electron chi connectivity index (χ0n) is 14.7. The van der Waals surface area contributed by atoms with Gasteiger partial charge in [0.25, 0.3) is 0 Å². The van der Waals surface area contributed by atoms with Gasteiger partial charge < -0.3 is 20.7 Å². The first-order valence-electron chi connectivity index (χ1n) is 7.71. The molecule has 0 aliphatic carbocycles. The summed E-state index contributed by atoms with van der Waals surface area (Å²) in [6.07, 6.45) is 0.248. The van der Waals surface area contributed by atoms with Crippen molar-refractivity contribution in [3.63, 3.8) is 0 Å². The van der Waals surface area contributed by atoms with Gasteiger partial charge in [0.05, 0.1) is 5.75 Å². The standard InChI is InChI=1S/C14H30N4O4S/c1-6-23(20,21)11-10-17-12(15-5)16-8-7-9-18-13(19)22-14(2,3)4/h6-11H2,1-5H3,(H,18,19)(H2,15,16,17). The highest BCUT2D eigenvalue weighted by Gasteiger charge is 2.15. The number of carbonyl (C=O) groups excluding carboxylic acids is 1. The Balaban J connectivity index is 3.83. The van der Waals surface area contributed by atoms with Crippen molar-refractivity contribution >= 4 is 21.9 Å². The number of guanidine groups is 1. The molecule has 0 heterocycles. The van der Waals surface area contributed by atoms with Crippen LogP contribution in [-0.4, -0.2) is 64.3 Å². The molecule has 3 N–H and O–H groups in total. The van der Waals surface area contributed by atoms with Crippen LogP contribution >= 0.6 is 0 Å². The number of nitrogens with zero attached hydrogens (tertiary/aromatic N) is 1. The summed E-state index contributed by atoms with van der Waals surface area (Å²) < 4.78 is 27.9. The van der Waals surface area contributed by atoms with Gasteiger partial charge in [-0.2, -0.15) is 0 Å². The molecule has 0 spiro atoms. The fraction of sp³-hybridized carbons (Fsp3) is 0.857. The minimum atomic E-state index is -2.98. The molecular formula is C14H30N4O4S. The Kier molecular flexibility index (Phi) is 9.62. The van der Waals surface area contributed by atoms with Gasteiger partial charge in [-0.15, -0.1) is 0 Å². The lowest BCUT2D eigenvalue weighted by molar-refractivity contribution is 0.0527. The van der Waals surface area contributed by atoms with E-state index in [2.05, 4.69) is 20.9 Å². The number of carbonyl (C=O) groups is 1. The van der Waals surface area contributed by atoms with Crippen LogP contribution in [0.25, 0.3) is 0 Å². The molecular weight excluding hydrogens is 320 g/mol. The van der Waals surface area contributed by atoms with Crippen LogP contribution in [0.5, 0.6) is 0 Å². The van der Waals surface area contributed by atoms with E-state index in [0.29, 0.717) is 32.0 Å². The Hall–Kier alpha value is -1.51. The molecule has 0 aromatic heterocycles. The van der Waals surface area contributed by atoms with Crippen LogP contribution in [0.3, 0.4) is 0 Å². The fourth-order valence-electron chi connectivity index (χ4n) is 1.49. The molecule has 0 saturated heterocycles. The van der Waals surface area contributed by atoms with E-state index in [1.54, 1.807) is 14.0 Å². The molecule has 1 amide bonds. The summed E-state index contributed by atoms with van der Waals surface area (Å²) in [6, 6.07) is 0. The molecule has 136 valence electrons. The number of amides is 1. The summed E-state index contributed by atoms with van der Waals surface area (Å²) in [6.45, 7) is 8.43. The van der Waals surface area contributed by atoms with Crippen LogP contribution in [-0.2, 0) is 14.6 Å². The molecule has 0 aliphatic rings. The molecule has 0 aliphatic heterocycles. The Morgan fingerprint density at radius 1 is 1.09 bits per heavy atom. The molecule has 0 radical (unpaired) electrons. The maximum absolute atomic E-state index is 11.4. The summed E-state index contributed by atoms with van der Waals surface area (Å²) >= 11 is 0. The Bertz CT molecular complexity index is 483. The van der Waals surface area contributed by atoms with Crippen molar-refractivity contribution in [2.24, 2.45) is 4.99 Å². The summed E-state index contributed by atoms with van der Waals surface area (Å²) in [5, 5.41) is 8.65. The van der Waals surface area contributed by atoms with Crippen LogP contribution in [0.2, 0.25) is 0 Å². The molecule has 0 rings (SSSR count). The molecule has 0 atom stereocenters. The average Bonchev–Trinajstić information content (AvgIpc) is 2.43. The molecule has 0 unspecified atom stereocenters. The highest BCUT2D eigenvalue weighted by atomic mass is 32.2. The number of alkyl carbamates (subject to hydrolysis) is 1. The second kappa shape index (κ2) is 10.3. The van der Waals surface area contributed by atoms with Gasteiger partial charge in [0.2, 0.25) is 0 Å². The minimum Gasteiger partial charge on any atom is -0.444 e. The van der Waals surface area contributed by atoms with Gasteiger partial charge in [0.15, 0.2) is 15.8 Å². The first kappa shape index (κ1) is 21.5. The third-order valence-corrected chi connectivity index (χ3v) is 4.39. The lowest BCUT2D eigenvalue weighted by Crippen LogP contribution is -2.41. The van der Waals surface area contributed by atoms with E-state index in [1.165, 1.54) is 0 Å². The molecule has 0 aromatic carbocycles. The third-order valence-electron chi connectivity index (χ3n) is 2.68. The van der Waals surface area contributed by atoms with Gasteiger partial charge in [-0.05, 0) is 27.2 Å². The van der Waals surface area contributed by atoms with Crippen LogP contribution in [0.4, 0.5) is 4.79 Å². The maximum atomic E-state index is 11.4. The van der Waals surface area contributed by atoms with Crippen molar-refractivity contribution in [3.8, 4) is 0 Å². The van der Waals surface area contributed by atoms with Gasteiger partial charge in [0, 0.05) is 32.4 Å². The van der Waals surface area contributed by atoms with Gasteiger partial charge >= 0.3 is 6.09 Å². The summed E-state index contributed by atoms with van der Waals surface area (Å²) in [7, 11) is -1.37. The quantitative estimate of drug-likeness (QED) is 0.334. The van der Waals surface area contributed by atoms with E-state index < -0.39 is 21.5 Å². The van der Waals surface area contributed by atoms with Crippen molar-refractivity contribution in [1.29, 1.82) is 0 Å². The lowest BCUT2D eigenvalue weighted by Gasteiger charge is -2.19. The summed E-state index contributed by atoms with van der Waals surface area (Å²) in [5.74, 6) is 0.745. The zero-order valence-corrected chi connectivity index (χ0v) is 15.5. The second-order valence-electron chi connectivity index (χ2n) is 5.94. The first-order valence-corrected chi connectivity index (χ1v) is 9.53. The van der Waals surface area contributed by atoms with Crippen LogP contribution in [0, 0.1) is 0 Å². The average molecular weight is 350 g/mol. The van der Waals surface area contributed by atoms with Gasteiger partial charge in [0.1, 0.15) is 5.60 Å². The predicted molar refractivity (Wildman–Crippen MR) is 92.5 cm³/mol. The van der Waals surface area contributed by atoms with E-state index >= 15 is 0 Å². The second-order valence-corrected chi connectivity index (χ2v) is 8.42. The Morgan fingerprint density at radius 3 is 2.17 bits per heavy atom. The zero-order chi connectivity index (χ0) is 17.9. The van der Waals surface area contributed by atoms with E-state index in [1.807, 2.05) is 20.8 Å². The number of ether oxygens (including phenoxy) is 1. The van der Waals surface area contributed by atoms with Gasteiger partial charge in [-0.3, -0.25) is 4.99 Å². The van der Waals surface area contributed by atoms with Crippen molar-refractivity contribution in [3.05, 3.63) is 0 Å². The Labute approximate surface area is 139 Å². The number of hydrogen-bond donors (Lipinski definition) is 3. The van der Waals surface area contributed by atoms with Crippen LogP contribution in [0.15, 0.2) is 4.99 Å². The van der Waals surface area contributed by atoms with Crippen molar-refractivity contribution < 1.29 is 17.9 Å². The predicted octanol–water partition coefficient (Wildman–Crippen LogP) is 0.501. The maximum Gasteiger partial charge on any atom is 0.407 e. The topological polar surface area (TPSA) is 109 Å². The van der Waals surface area contributed by atoms with Crippen LogP contribution < -0.4 is 16.0 Å². The third kappa shape index (κ3) is 12.7. The highest BCUT2D eigenvalue weighted by molar-refractivity contribution is 7.91. The Morgan fingerprint density at radius 2 is 1.65 bits per heavy atom. The van der Waals surface area contributed by atoms with Gasteiger partial charge in [-0.1, -0.05) is 6.92 Å². The van der Waals surface area contributed by atoms with Crippen LogP contribution in [0.1, 0.15) is 34.1 Å². The largest absolute Gasteiger partial charge is 0.444 e. The number of sulfone groups is 1. The summed E-state index contributed by atoms with van der Waals surface area (Å²) in [4.78, 5) is 15.4. The molecule has 0 bridgehead atoms. The lowest BCUT2D eigenvalue weighted by atomic mass is 10.2. The van der Waals surface area contributed by atoms with E-state index in [-0.39, 0.29) is 11.5 Å². The normalized spacial score (nSPS) is 12.7. The van der Waals surface area contributed by atoms with E-state index in [4.69, 9.17) is 4.74 Å². The SMILES string of the molecule is CCS(=O)(=O)CCNC(=NC)NCCCNC(=O)OC(C)(C)C. The fourth-order valence-corrected chi connectivity index (χ4v) is 2.19. The van der Waals surface area contributed by atoms with Crippen molar-refractivity contribution in [2.45, 2.75) is 39.7 Å². The smallest absolute Gasteiger partial charge is 0.407 e. The molecule has 0 aromatic rings. The summed E-state index contributed by atoms with van der Waals surface area (Å²) in [5.41, 5.74) is -0.507. The monoisotopic (exact) mass is 350 g/mol. The van der Waals surface area contributed by atoms with Crippen molar-refractivity contribution in [1.82, 2.24) is 16.0 Å². The number of aliphatic imine (C=N–C) groups is 1. The highest BCUT2D eigenvalue weighted by Crippen LogP contribution is 2.06. The molecule has 0 saturated carbocycles. The minimum absolute atomic E-state index is 0.0738.